The van der Waals surface area contributed by atoms with Crippen molar-refractivity contribution in [1.82, 2.24) is 0 Å². The number of carbonyl (C=O) groups is 1. The van der Waals surface area contributed by atoms with Crippen molar-refractivity contribution in [2.75, 3.05) is 55.4 Å². The van der Waals surface area contributed by atoms with Crippen molar-refractivity contribution in [3.05, 3.63) is 29.8 Å². The number of aliphatic hydroxyl groups excluding tert-OH is 4. The summed E-state index contributed by atoms with van der Waals surface area (Å²) in [6.07, 6.45) is -11.1. The van der Waals surface area contributed by atoms with E-state index in [-0.39, 0.29) is 45.8 Å². The van der Waals surface area contributed by atoms with Crippen LogP contribution in [0, 0.1) is 0 Å². The molecular weight excluding hydrogens is 620 g/mol. The number of hydrogen-bond acceptors (Lipinski definition) is 17. The maximum absolute atomic E-state index is 12.7. The molecule has 2 saturated heterocycles. The lowest BCUT2D eigenvalue weighted by Gasteiger charge is -2.40. The number of benzene rings is 2. The number of aliphatic hydroxyl groups is 5. The summed E-state index contributed by atoms with van der Waals surface area (Å²) in [5.41, 5.74) is -2.16. The zero-order valence-corrected chi connectivity index (χ0v) is 25.6. The van der Waals surface area contributed by atoms with E-state index in [9.17, 15) is 35.4 Å². The predicted octanol–water partition coefficient (Wildman–Crippen LogP) is -1.06. The molecule has 17 heteroatoms. The van der Waals surface area contributed by atoms with E-state index in [1.165, 1.54) is 59.8 Å². The van der Waals surface area contributed by atoms with Crippen molar-refractivity contribution < 1.29 is 82.8 Å². The van der Waals surface area contributed by atoms with E-state index in [1.54, 1.807) is 0 Å². The molecule has 0 aliphatic carbocycles. The molecule has 7 unspecified atom stereocenters. The van der Waals surface area contributed by atoms with Gasteiger partial charge in [-0.25, -0.2) is 4.79 Å². The molecule has 6 N–H and O–H groups in total. The number of hydrogen-bond donors (Lipinski definition) is 6. The average Bonchev–Trinajstić information content (AvgIpc) is 3.35. The van der Waals surface area contributed by atoms with Crippen LogP contribution in [-0.2, 0) is 18.9 Å². The summed E-state index contributed by atoms with van der Waals surface area (Å²) in [5.74, 6) is -0.465. The quantitative estimate of drug-likeness (QED) is 0.141. The molecule has 2 aliphatic rings. The Bertz CT molecular complexity index is 1300. The van der Waals surface area contributed by atoms with Crippen LogP contribution in [0.25, 0.3) is 0 Å². The Balaban J connectivity index is 1.37. The van der Waals surface area contributed by atoms with Crippen molar-refractivity contribution >= 4 is 5.97 Å². The second-order valence-electron chi connectivity index (χ2n) is 10.4. The van der Waals surface area contributed by atoms with Crippen molar-refractivity contribution in [3.63, 3.8) is 0 Å². The first-order valence-corrected chi connectivity index (χ1v) is 13.8. The molecule has 8 atom stereocenters. The molecule has 0 bridgehead atoms. The Labute approximate surface area is 263 Å². The summed E-state index contributed by atoms with van der Waals surface area (Å²) in [5, 5.41) is 63.3. The summed E-state index contributed by atoms with van der Waals surface area (Å²) >= 11 is 0. The van der Waals surface area contributed by atoms with Crippen LogP contribution in [0.4, 0.5) is 0 Å². The fourth-order valence-corrected chi connectivity index (χ4v) is 4.81. The number of carbonyl (C=O) groups excluding carboxylic acids is 1. The Morgan fingerprint density at radius 3 is 1.96 bits per heavy atom. The summed E-state index contributed by atoms with van der Waals surface area (Å²) in [4.78, 5) is 12.7. The molecule has 0 spiro atoms. The van der Waals surface area contributed by atoms with Crippen LogP contribution >= 0.6 is 0 Å². The summed E-state index contributed by atoms with van der Waals surface area (Å²) in [6, 6.07) is 5.28. The van der Waals surface area contributed by atoms with Crippen molar-refractivity contribution in [3.8, 4) is 40.2 Å². The fraction of sp³-hybridized carbons (Fsp3) is 0.552. The zero-order valence-electron chi connectivity index (χ0n) is 25.6. The molecule has 46 heavy (non-hydrogen) atoms. The second kappa shape index (κ2) is 14.7. The number of phenolic OH excluding ortho intramolecular Hbond substituents is 1. The molecule has 2 aliphatic heterocycles. The van der Waals surface area contributed by atoms with Gasteiger partial charge in [0.05, 0.1) is 54.3 Å². The summed E-state index contributed by atoms with van der Waals surface area (Å²) in [7, 11) is 6.78. The lowest BCUT2D eigenvalue weighted by molar-refractivity contribution is -0.289. The standard InChI is InChI=1S/C29H38O17/c1-37-15-6-13(7-16(38-2)20(15)30)26(35)43-11-29(36)12-44-28(25(29)34)42-10-19-21(31)22(32)23(33)27(46-19)45-14-8-17(39-3)24(41-5)18(9-14)40-4/h6-9,19,21-23,25,27-28,30-34,36H,10-12H2,1-5H3/t19?,21?,22?,23?,25?,27?,28?,29-/m1/s1. The lowest BCUT2D eigenvalue weighted by Crippen LogP contribution is -2.60. The lowest BCUT2D eigenvalue weighted by atomic mass is 9.99. The average molecular weight is 659 g/mol. The van der Waals surface area contributed by atoms with Crippen LogP contribution < -0.4 is 28.4 Å². The first-order chi connectivity index (χ1) is 21.9. The number of rotatable bonds is 13. The Morgan fingerprint density at radius 2 is 1.41 bits per heavy atom. The van der Waals surface area contributed by atoms with Crippen molar-refractivity contribution in [1.29, 1.82) is 0 Å². The van der Waals surface area contributed by atoms with Crippen LogP contribution in [0.5, 0.6) is 40.2 Å². The number of ether oxygens (including phenoxy) is 10. The molecule has 2 fully saturated rings. The molecule has 17 nitrogen and oxygen atoms in total. The van der Waals surface area contributed by atoms with Crippen LogP contribution in [0.1, 0.15) is 10.4 Å². The van der Waals surface area contributed by atoms with E-state index in [0.29, 0.717) is 0 Å². The molecule has 4 rings (SSSR count). The molecule has 2 aromatic carbocycles. The van der Waals surface area contributed by atoms with Crippen LogP contribution in [-0.4, -0.2) is 141 Å². The molecule has 2 aromatic rings. The van der Waals surface area contributed by atoms with Gasteiger partial charge >= 0.3 is 5.97 Å². The van der Waals surface area contributed by atoms with Gasteiger partial charge in [-0.2, -0.15) is 0 Å². The summed E-state index contributed by atoms with van der Waals surface area (Å²) in [6.45, 7) is -1.71. The van der Waals surface area contributed by atoms with Gasteiger partial charge in [0.1, 0.15) is 42.9 Å². The maximum Gasteiger partial charge on any atom is 0.338 e. The molecule has 2 heterocycles. The third-order valence-electron chi connectivity index (χ3n) is 7.46. The van der Waals surface area contributed by atoms with Gasteiger partial charge in [-0.05, 0) is 12.1 Å². The fourth-order valence-electron chi connectivity index (χ4n) is 4.81. The Morgan fingerprint density at radius 1 is 0.826 bits per heavy atom. The number of phenols is 1. The maximum atomic E-state index is 12.7. The Kier molecular flexibility index (Phi) is 11.2. The Hall–Kier alpha value is -3.81. The van der Waals surface area contributed by atoms with Crippen LogP contribution in [0.2, 0.25) is 0 Å². The zero-order chi connectivity index (χ0) is 33.8. The molecule has 0 aromatic heterocycles. The van der Waals surface area contributed by atoms with Gasteiger partial charge < -0.3 is 78.0 Å². The monoisotopic (exact) mass is 658 g/mol. The van der Waals surface area contributed by atoms with E-state index in [0.717, 1.165) is 0 Å². The molecule has 0 radical (unpaired) electrons. The van der Waals surface area contributed by atoms with E-state index < -0.39 is 74.5 Å². The highest BCUT2D eigenvalue weighted by Crippen LogP contribution is 2.42. The van der Waals surface area contributed by atoms with Gasteiger partial charge in [0.15, 0.2) is 34.9 Å². The summed E-state index contributed by atoms with van der Waals surface area (Å²) < 4.78 is 53.4. The second-order valence-corrected chi connectivity index (χ2v) is 10.4. The minimum atomic E-state index is -2.09. The smallest absolute Gasteiger partial charge is 0.338 e. The van der Waals surface area contributed by atoms with E-state index >= 15 is 0 Å². The topological polar surface area (TPSA) is 231 Å². The number of methoxy groups -OCH3 is 5. The van der Waals surface area contributed by atoms with Gasteiger partial charge in [-0.15, -0.1) is 0 Å². The normalized spacial score (nSPS) is 29.1. The van der Waals surface area contributed by atoms with E-state index in [2.05, 4.69) is 0 Å². The van der Waals surface area contributed by atoms with Gasteiger partial charge in [-0.3, -0.25) is 0 Å². The van der Waals surface area contributed by atoms with Gasteiger partial charge in [0.2, 0.25) is 17.8 Å². The SMILES string of the molecule is COc1cc(C(=O)OC[C@@]2(O)COC(OCC3OC(Oc4cc(OC)c(OC)c(OC)c4)C(O)C(O)C3O)C2O)cc(OC)c1O. The highest BCUT2D eigenvalue weighted by molar-refractivity contribution is 5.91. The molecule has 0 amide bonds. The van der Waals surface area contributed by atoms with E-state index in [4.69, 9.17) is 47.4 Å². The third kappa shape index (κ3) is 7.11. The van der Waals surface area contributed by atoms with E-state index in [1.807, 2.05) is 0 Å². The highest BCUT2D eigenvalue weighted by Gasteiger charge is 2.51. The van der Waals surface area contributed by atoms with Crippen molar-refractivity contribution in [2.24, 2.45) is 0 Å². The van der Waals surface area contributed by atoms with Crippen LogP contribution in [0.3, 0.4) is 0 Å². The van der Waals surface area contributed by atoms with Gasteiger partial charge in [-0.1, -0.05) is 0 Å². The number of aromatic hydroxyl groups is 1. The van der Waals surface area contributed by atoms with Gasteiger partial charge in [0, 0.05) is 12.1 Å². The highest BCUT2D eigenvalue weighted by atomic mass is 16.7. The number of esters is 1. The van der Waals surface area contributed by atoms with Crippen molar-refractivity contribution in [2.45, 2.75) is 48.7 Å². The minimum absolute atomic E-state index is 0.0523. The molecule has 256 valence electrons. The third-order valence-corrected chi connectivity index (χ3v) is 7.46. The van der Waals surface area contributed by atoms with Gasteiger partial charge in [0.25, 0.3) is 0 Å². The van der Waals surface area contributed by atoms with Crippen LogP contribution in [0.15, 0.2) is 24.3 Å². The minimum Gasteiger partial charge on any atom is -0.502 e. The predicted molar refractivity (Wildman–Crippen MR) is 152 cm³/mol. The molecular formula is C29H38O17. The first kappa shape index (κ1) is 35.1. The first-order valence-electron chi connectivity index (χ1n) is 13.8. The largest absolute Gasteiger partial charge is 0.502 e. The molecule has 0 saturated carbocycles.